The predicted octanol–water partition coefficient (Wildman–Crippen LogP) is 3.88. The molecule has 0 bridgehead atoms. The maximum Gasteiger partial charge on any atom is 0.160 e. The van der Waals surface area contributed by atoms with Crippen molar-refractivity contribution in [2.75, 3.05) is 0 Å². The lowest BCUT2D eigenvalue weighted by Gasteiger charge is -2.07. The number of phenolic OH excluding ortho intramolecular Hbond substituents is 1. The molecule has 17 heavy (non-hydrogen) atoms. The zero-order valence-corrected chi connectivity index (χ0v) is 11.7. The molecule has 1 heterocycles. The smallest absolute Gasteiger partial charge is 0.160 e. The standard InChI is InChI=1S/C12H10BrClN2O/c1-6-3-8(4-7(2)10(6)17)12-15-5-9(13)11(14)16-12/h3-5,17H,1-2H3. The topological polar surface area (TPSA) is 46.0 Å². The van der Waals surface area contributed by atoms with Crippen molar-refractivity contribution in [2.45, 2.75) is 13.8 Å². The Labute approximate surface area is 113 Å². The fourth-order valence-corrected chi connectivity index (χ4v) is 1.89. The monoisotopic (exact) mass is 312 g/mol. The Morgan fingerprint density at radius 3 is 2.35 bits per heavy atom. The summed E-state index contributed by atoms with van der Waals surface area (Å²) in [6.07, 6.45) is 1.61. The van der Waals surface area contributed by atoms with Crippen LogP contribution in [-0.4, -0.2) is 15.1 Å². The third-order valence-corrected chi connectivity index (χ3v) is 3.55. The summed E-state index contributed by atoms with van der Waals surface area (Å²) >= 11 is 9.17. The summed E-state index contributed by atoms with van der Waals surface area (Å²) in [4.78, 5) is 8.38. The fraction of sp³-hybridized carbons (Fsp3) is 0.167. The summed E-state index contributed by atoms with van der Waals surface area (Å²) < 4.78 is 0.662. The first-order valence-electron chi connectivity index (χ1n) is 4.97. The van der Waals surface area contributed by atoms with Crippen LogP contribution in [0.4, 0.5) is 0 Å². The second kappa shape index (κ2) is 4.63. The van der Waals surface area contributed by atoms with E-state index < -0.39 is 0 Å². The van der Waals surface area contributed by atoms with Gasteiger partial charge in [-0.25, -0.2) is 9.97 Å². The molecule has 1 N–H and O–H groups in total. The highest BCUT2D eigenvalue weighted by Gasteiger charge is 2.09. The molecule has 1 aromatic carbocycles. The minimum absolute atomic E-state index is 0.303. The van der Waals surface area contributed by atoms with Gasteiger partial charge in [-0.3, -0.25) is 0 Å². The lowest BCUT2D eigenvalue weighted by atomic mass is 10.1. The third-order valence-electron chi connectivity index (χ3n) is 2.45. The van der Waals surface area contributed by atoms with Crippen LogP contribution >= 0.6 is 27.5 Å². The molecule has 2 aromatic rings. The number of aromatic hydroxyl groups is 1. The van der Waals surface area contributed by atoms with Crippen LogP contribution in [0.1, 0.15) is 11.1 Å². The fourth-order valence-electron chi connectivity index (χ4n) is 1.57. The van der Waals surface area contributed by atoms with E-state index in [9.17, 15) is 5.11 Å². The predicted molar refractivity (Wildman–Crippen MR) is 71.3 cm³/mol. The molecular formula is C12H10BrClN2O. The second-order valence-electron chi connectivity index (χ2n) is 3.79. The first kappa shape index (κ1) is 12.3. The lowest BCUT2D eigenvalue weighted by molar-refractivity contribution is 0.467. The number of nitrogens with zero attached hydrogens (tertiary/aromatic N) is 2. The van der Waals surface area contributed by atoms with E-state index in [-0.39, 0.29) is 0 Å². The highest BCUT2D eigenvalue weighted by atomic mass is 79.9. The van der Waals surface area contributed by atoms with Gasteiger partial charge in [0.1, 0.15) is 10.9 Å². The second-order valence-corrected chi connectivity index (χ2v) is 5.00. The lowest BCUT2D eigenvalue weighted by Crippen LogP contribution is -1.92. The Hall–Kier alpha value is -1.13. The molecule has 0 radical (unpaired) electrons. The van der Waals surface area contributed by atoms with Crippen molar-refractivity contribution in [3.63, 3.8) is 0 Å². The number of hydrogen-bond donors (Lipinski definition) is 1. The minimum Gasteiger partial charge on any atom is -0.507 e. The largest absolute Gasteiger partial charge is 0.507 e. The Kier molecular flexibility index (Phi) is 3.35. The van der Waals surface area contributed by atoms with E-state index in [0.717, 1.165) is 16.7 Å². The summed E-state index contributed by atoms with van der Waals surface area (Å²) in [5.74, 6) is 0.848. The zero-order chi connectivity index (χ0) is 12.6. The van der Waals surface area contributed by atoms with Crippen LogP contribution in [0.15, 0.2) is 22.8 Å². The highest BCUT2D eigenvalue weighted by molar-refractivity contribution is 9.10. The molecular weight excluding hydrogens is 304 g/mol. The number of rotatable bonds is 1. The average molecular weight is 314 g/mol. The molecule has 0 atom stereocenters. The van der Waals surface area contributed by atoms with Gasteiger partial charge in [0.25, 0.3) is 0 Å². The molecule has 0 spiro atoms. The molecule has 0 aliphatic rings. The van der Waals surface area contributed by atoms with Gasteiger partial charge in [-0.1, -0.05) is 11.6 Å². The van der Waals surface area contributed by atoms with Gasteiger partial charge in [-0.2, -0.15) is 0 Å². The van der Waals surface area contributed by atoms with Gasteiger partial charge in [0.2, 0.25) is 0 Å². The maximum absolute atomic E-state index is 9.70. The molecule has 3 nitrogen and oxygen atoms in total. The molecule has 5 heteroatoms. The Balaban J connectivity index is 2.57. The van der Waals surface area contributed by atoms with Crippen LogP contribution in [0.3, 0.4) is 0 Å². The molecule has 0 fully saturated rings. The molecule has 88 valence electrons. The maximum atomic E-state index is 9.70. The minimum atomic E-state index is 0.303. The Morgan fingerprint density at radius 1 is 1.24 bits per heavy atom. The third kappa shape index (κ3) is 2.42. The van der Waals surface area contributed by atoms with E-state index in [1.807, 2.05) is 26.0 Å². The zero-order valence-electron chi connectivity index (χ0n) is 9.33. The average Bonchev–Trinajstić information content (AvgIpc) is 2.29. The van der Waals surface area contributed by atoms with Gasteiger partial charge >= 0.3 is 0 Å². The van der Waals surface area contributed by atoms with E-state index in [0.29, 0.717) is 21.2 Å². The number of aryl methyl sites for hydroxylation is 2. The molecule has 1 aromatic heterocycles. The molecule has 0 saturated heterocycles. The summed E-state index contributed by atoms with van der Waals surface area (Å²) in [6, 6.07) is 3.67. The first-order chi connectivity index (χ1) is 7.99. The van der Waals surface area contributed by atoms with Crippen LogP contribution in [0.5, 0.6) is 5.75 Å². The van der Waals surface area contributed by atoms with Crippen molar-refractivity contribution in [2.24, 2.45) is 0 Å². The molecule has 0 saturated carbocycles. The number of hydrogen-bond acceptors (Lipinski definition) is 3. The highest BCUT2D eigenvalue weighted by Crippen LogP contribution is 2.29. The summed E-state index contributed by atoms with van der Waals surface area (Å²) in [5, 5.41) is 10.1. The van der Waals surface area contributed by atoms with Crippen molar-refractivity contribution in [3.05, 3.63) is 39.1 Å². The van der Waals surface area contributed by atoms with Crippen molar-refractivity contribution in [1.29, 1.82) is 0 Å². The van der Waals surface area contributed by atoms with Crippen LogP contribution in [0, 0.1) is 13.8 Å². The van der Waals surface area contributed by atoms with E-state index in [2.05, 4.69) is 25.9 Å². The van der Waals surface area contributed by atoms with Gasteiger partial charge in [-0.15, -0.1) is 0 Å². The van der Waals surface area contributed by atoms with Gasteiger partial charge in [0.15, 0.2) is 5.82 Å². The summed E-state index contributed by atoms with van der Waals surface area (Å²) in [7, 11) is 0. The summed E-state index contributed by atoms with van der Waals surface area (Å²) in [6.45, 7) is 3.68. The van der Waals surface area contributed by atoms with Crippen LogP contribution in [0.25, 0.3) is 11.4 Å². The van der Waals surface area contributed by atoms with Crippen molar-refractivity contribution >= 4 is 27.5 Å². The number of aromatic nitrogens is 2. The van der Waals surface area contributed by atoms with Gasteiger partial charge in [0, 0.05) is 11.8 Å². The number of phenols is 1. The Bertz CT molecular complexity index is 564. The molecule has 2 rings (SSSR count). The first-order valence-corrected chi connectivity index (χ1v) is 6.14. The van der Waals surface area contributed by atoms with Gasteiger partial charge in [0.05, 0.1) is 4.47 Å². The molecule has 0 aliphatic heterocycles. The summed E-state index contributed by atoms with van der Waals surface area (Å²) in [5.41, 5.74) is 2.43. The quantitative estimate of drug-likeness (QED) is 0.813. The SMILES string of the molecule is Cc1cc(-c2ncc(Br)c(Cl)n2)cc(C)c1O. The van der Waals surface area contributed by atoms with Crippen LogP contribution < -0.4 is 0 Å². The van der Waals surface area contributed by atoms with E-state index in [4.69, 9.17) is 11.6 Å². The number of benzene rings is 1. The molecule has 0 amide bonds. The van der Waals surface area contributed by atoms with Crippen LogP contribution in [-0.2, 0) is 0 Å². The molecule has 0 aliphatic carbocycles. The Morgan fingerprint density at radius 2 is 1.82 bits per heavy atom. The van der Waals surface area contributed by atoms with Crippen molar-refractivity contribution in [1.82, 2.24) is 9.97 Å². The van der Waals surface area contributed by atoms with Crippen molar-refractivity contribution < 1.29 is 5.11 Å². The van der Waals surface area contributed by atoms with Gasteiger partial charge < -0.3 is 5.11 Å². The van der Waals surface area contributed by atoms with E-state index in [1.54, 1.807) is 6.20 Å². The normalized spacial score (nSPS) is 10.6. The van der Waals surface area contributed by atoms with Crippen LogP contribution in [0.2, 0.25) is 5.15 Å². The van der Waals surface area contributed by atoms with Gasteiger partial charge in [-0.05, 0) is 53.0 Å². The molecule has 0 unspecified atom stereocenters. The number of halogens is 2. The van der Waals surface area contributed by atoms with Crippen molar-refractivity contribution in [3.8, 4) is 17.1 Å². The van der Waals surface area contributed by atoms with E-state index in [1.165, 1.54) is 0 Å². The van der Waals surface area contributed by atoms with E-state index >= 15 is 0 Å².